The van der Waals surface area contributed by atoms with E-state index in [1.165, 1.54) is 49.0 Å². The van der Waals surface area contributed by atoms with E-state index in [2.05, 4.69) is 74.5 Å². The molecule has 30 heavy (non-hydrogen) atoms. The van der Waals surface area contributed by atoms with Crippen LogP contribution < -0.4 is 15.1 Å². The van der Waals surface area contributed by atoms with Gasteiger partial charge in [0.25, 0.3) is 0 Å². The van der Waals surface area contributed by atoms with Gasteiger partial charge in [-0.1, -0.05) is 31.4 Å². The summed E-state index contributed by atoms with van der Waals surface area (Å²) in [6.45, 7) is 5.47. The molecule has 2 aromatic rings. The Labute approximate surface area is 180 Å². The fraction of sp³-hybridized carbons (Fsp3) is 0.480. The maximum atomic E-state index is 4.68. The summed E-state index contributed by atoms with van der Waals surface area (Å²) in [5, 5.41) is 3.53. The minimum absolute atomic E-state index is 0.667. The molecule has 2 aliphatic heterocycles. The number of fused-ring (bicyclic) bond motifs is 1. The van der Waals surface area contributed by atoms with Crippen molar-refractivity contribution in [2.75, 3.05) is 54.9 Å². The second-order valence-corrected chi connectivity index (χ2v) is 8.94. The van der Waals surface area contributed by atoms with Gasteiger partial charge in [-0.25, -0.2) is 4.98 Å². The van der Waals surface area contributed by atoms with Crippen LogP contribution in [-0.2, 0) is 0 Å². The van der Waals surface area contributed by atoms with Crippen molar-refractivity contribution in [1.29, 1.82) is 0 Å². The SMILES string of the molecule is CN1CCN(c2ccc(Nc3cc4c(cn3)C=CCN4C3CCCCC3)cc2)CC1. The molecule has 1 aliphatic carbocycles. The third kappa shape index (κ3) is 4.17. The average molecular weight is 404 g/mol. The maximum Gasteiger partial charge on any atom is 0.132 e. The standard InChI is InChI=1S/C25H33N5/c1-28-14-16-29(17-15-28)22-11-9-21(10-12-22)27-25-18-24-20(19-26-25)6-5-13-30(24)23-7-3-2-4-8-23/h5-6,9-12,18-19,23H,2-4,7-8,13-17H2,1H3,(H,26,27). The summed E-state index contributed by atoms with van der Waals surface area (Å²) >= 11 is 0. The first-order valence-electron chi connectivity index (χ1n) is 11.5. The molecule has 0 unspecified atom stereocenters. The van der Waals surface area contributed by atoms with Gasteiger partial charge in [0, 0.05) is 73.7 Å². The third-order valence-electron chi connectivity index (χ3n) is 6.84. The van der Waals surface area contributed by atoms with Crippen molar-refractivity contribution in [3.8, 4) is 0 Å². The fourth-order valence-electron chi connectivity index (χ4n) is 5.00. The van der Waals surface area contributed by atoms with Crippen molar-refractivity contribution in [2.45, 2.75) is 38.1 Å². The van der Waals surface area contributed by atoms with Crippen LogP contribution >= 0.6 is 0 Å². The monoisotopic (exact) mass is 403 g/mol. The minimum atomic E-state index is 0.667. The van der Waals surface area contributed by atoms with E-state index in [1.807, 2.05) is 6.20 Å². The second kappa shape index (κ2) is 8.68. The van der Waals surface area contributed by atoms with Crippen molar-refractivity contribution in [3.05, 3.63) is 48.2 Å². The lowest BCUT2D eigenvalue weighted by Gasteiger charge is -2.38. The Morgan fingerprint density at radius 3 is 2.50 bits per heavy atom. The van der Waals surface area contributed by atoms with Gasteiger partial charge < -0.3 is 20.0 Å². The molecule has 5 heteroatoms. The number of rotatable bonds is 4. The van der Waals surface area contributed by atoms with E-state index in [0.717, 1.165) is 44.2 Å². The van der Waals surface area contributed by atoms with Gasteiger partial charge in [0.15, 0.2) is 0 Å². The van der Waals surface area contributed by atoms with E-state index in [1.54, 1.807) is 0 Å². The van der Waals surface area contributed by atoms with E-state index in [-0.39, 0.29) is 0 Å². The number of nitrogens with zero attached hydrogens (tertiary/aromatic N) is 4. The first-order valence-corrected chi connectivity index (χ1v) is 11.5. The first-order chi connectivity index (χ1) is 14.8. The predicted molar refractivity (Wildman–Crippen MR) is 127 cm³/mol. The molecule has 0 atom stereocenters. The van der Waals surface area contributed by atoms with E-state index in [0.29, 0.717) is 6.04 Å². The zero-order valence-corrected chi connectivity index (χ0v) is 18.1. The quantitative estimate of drug-likeness (QED) is 0.797. The van der Waals surface area contributed by atoms with Crippen LogP contribution in [0.3, 0.4) is 0 Å². The molecule has 0 spiro atoms. The van der Waals surface area contributed by atoms with Crippen molar-refractivity contribution >= 4 is 29.0 Å². The Bertz CT molecular complexity index is 877. The highest BCUT2D eigenvalue weighted by Crippen LogP contribution is 2.34. The topological polar surface area (TPSA) is 34.6 Å². The molecule has 1 aromatic heterocycles. The predicted octanol–water partition coefficient (Wildman–Crippen LogP) is 4.74. The van der Waals surface area contributed by atoms with Crippen LogP contribution in [0.5, 0.6) is 0 Å². The van der Waals surface area contributed by atoms with Crippen LogP contribution in [0.2, 0.25) is 0 Å². The van der Waals surface area contributed by atoms with Gasteiger partial charge in [-0.15, -0.1) is 0 Å². The van der Waals surface area contributed by atoms with E-state index in [4.69, 9.17) is 0 Å². The number of likely N-dealkylation sites (N-methyl/N-ethyl adjacent to an activating group) is 1. The number of pyridine rings is 1. The highest BCUT2D eigenvalue weighted by molar-refractivity contribution is 5.75. The van der Waals surface area contributed by atoms with Crippen LogP contribution in [0.4, 0.5) is 22.9 Å². The number of piperazine rings is 1. The largest absolute Gasteiger partial charge is 0.369 e. The molecule has 5 rings (SSSR count). The number of nitrogens with one attached hydrogen (secondary N) is 1. The number of hydrogen-bond acceptors (Lipinski definition) is 5. The molecule has 2 fully saturated rings. The maximum absolute atomic E-state index is 4.68. The summed E-state index contributed by atoms with van der Waals surface area (Å²) in [6, 6.07) is 11.7. The summed E-state index contributed by atoms with van der Waals surface area (Å²) in [4.78, 5) is 12.1. The Morgan fingerprint density at radius 1 is 0.967 bits per heavy atom. The van der Waals surface area contributed by atoms with Gasteiger partial charge in [-0.2, -0.15) is 0 Å². The molecular weight excluding hydrogens is 370 g/mol. The number of hydrogen-bond donors (Lipinski definition) is 1. The van der Waals surface area contributed by atoms with Crippen molar-refractivity contribution in [3.63, 3.8) is 0 Å². The highest BCUT2D eigenvalue weighted by Gasteiger charge is 2.24. The fourth-order valence-corrected chi connectivity index (χ4v) is 5.00. The number of aromatic nitrogens is 1. The van der Waals surface area contributed by atoms with Crippen LogP contribution in [0, 0.1) is 0 Å². The highest BCUT2D eigenvalue weighted by atomic mass is 15.2. The molecule has 0 radical (unpaired) electrons. The van der Waals surface area contributed by atoms with Gasteiger partial charge in [0.1, 0.15) is 5.82 Å². The molecule has 3 heterocycles. The molecule has 1 saturated heterocycles. The first kappa shape index (κ1) is 19.4. The third-order valence-corrected chi connectivity index (χ3v) is 6.84. The smallest absolute Gasteiger partial charge is 0.132 e. The molecule has 3 aliphatic rings. The summed E-state index contributed by atoms with van der Waals surface area (Å²) in [7, 11) is 2.20. The van der Waals surface area contributed by atoms with Crippen molar-refractivity contribution < 1.29 is 0 Å². The second-order valence-electron chi connectivity index (χ2n) is 8.94. The molecule has 5 nitrogen and oxygen atoms in total. The molecule has 158 valence electrons. The van der Waals surface area contributed by atoms with Crippen LogP contribution in [0.1, 0.15) is 37.7 Å². The van der Waals surface area contributed by atoms with E-state index < -0.39 is 0 Å². The lowest BCUT2D eigenvalue weighted by molar-refractivity contribution is 0.313. The molecule has 0 bridgehead atoms. The van der Waals surface area contributed by atoms with Gasteiger partial charge in [-0.3, -0.25) is 0 Å². The lowest BCUT2D eigenvalue weighted by atomic mass is 9.92. The van der Waals surface area contributed by atoms with Gasteiger partial charge in [0.2, 0.25) is 0 Å². The summed E-state index contributed by atoms with van der Waals surface area (Å²) in [6.07, 6.45) is 13.2. The summed E-state index contributed by atoms with van der Waals surface area (Å²) < 4.78 is 0. The Balaban J connectivity index is 1.30. The Hall–Kier alpha value is -2.53. The van der Waals surface area contributed by atoms with E-state index in [9.17, 15) is 0 Å². The van der Waals surface area contributed by atoms with Crippen molar-refractivity contribution in [2.24, 2.45) is 0 Å². The number of benzene rings is 1. The summed E-state index contributed by atoms with van der Waals surface area (Å²) in [5.74, 6) is 0.928. The molecule has 0 amide bonds. The lowest BCUT2D eigenvalue weighted by Crippen LogP contribution is -2.44. The minimum Gasteiger partial charge on any atom is -0.369 e. The van der Waals surface area contributed by atoms with Gasteiger partial charge in [0.05, 0.1) is 0 Å². The van der Waals surface area contributed by atoms with Crippen LogP contribution in [0.15, 0.2) is 42.6 Å². The zero-order chi connectivity index (χ0) is 20.3. The Morgan fingerprint density at radius 2 is 1.73 bits per heavy atom. The zero-order valence-electron chi connectivity index (χ0n) is 18.1. The normalized spacial score (nSPS) is 20.3. The van der Waals surface area contributed by atoms with Crippen molar-refractivity contribution in [1.82, 2.24) is 9.88 Å². The molecule has 1 saturated carbocycles. The number of anilines is 4. The molecule has 1 N–H and O–H groups in total. The van der Waals surface area contributed by atoms with Crippen LogP contribution in [-0.4, -0.2) is 55.7 Å². The summed E-state index contributed by atoms with van der Waals surface area (Å²) in [5.41, 5.74) is 4.97. The Kier molecular flexibility index (Phi) is 5.63. The molecule has 1 aromatic carbocycles. The van der Waals surface area contributed by atoms with E-state index >= 15 is 0 Å². The molecular formula is C25H33N5. The van der Waals surface area contributed by atoms with Gasteiger partial charge >= 0.3 is 0 Å². The average Bonchev–Trinajstić information content (AvgIpc) is 2.80. The van der Waals surface area contributed by atoms with Gasteiger partial charge in [-0.05, 0) is 44.2 Å². The van der Waals surface area contributed by atoms with Crippen LogP contribution in [0.25, 0.3) is 6.08 Å².